The van der Waals surface area contributed by atoms with Crippen LogP contribution in [-0.4, -0.2) is 34.6 Å². The van der Waals surface area contributed by atoms with Gasteiger partial charge in [0.2, 0.25) is 0 Å². The van der Waals surface area contributed by atoms with Crippen molar-refractivity contribution in [1.29, 1.82) is 0 Å². The molecule has 1 heterocycles. The number of carbonyl (C=O) groups excluding carboxylic acids is 2. The van der Waals surface area contributed by atoms with Crippen LogP contribution in [0.4, 0.5) is 4.79 Å². The van der Waals surface area contributed by atoms with E-state index in [-0.39, 0.29) is 12.6 Å². The zero-order valence-electron chi connectivity index (χ0n) is 17.6. The molecule has 6 nitrogen and oxygen atoms in total. The van der Waals surface area contributed by atoms with E-state index in [1.807, 2.05) is 57.2 Å². The minimum atomic E-state index is -0.550. The Hall–Kier alpha value is -3.15. The first-order valence-electron chi connectivity index (χ1n) is 9.41. The summed E-state index contributed by atoms with van der Waals surface area (Å²) < 4.78 is 10.7. The average molecular weight is 396 g/mol. The molecule has 0 aliphatic carbocycles. The van der Waals surface area contributed by atoms with Crippen molar-refractivity contribution in [1.82, 2.24) is 9.88 Å². The number of ether oxygens (including phenoxy) is 2. The Balaban J connectivity index is 1.98. The Morgan fingerprint density at radius 2 is 1.79 bits per heavy atom. The minimum Gasteiger partial charge on any atom is -0.457 e. The summed E-state index contributed by atoms with van der Waals surface area (Å²) in [5.74, 6) is -0.384. The molecule has 2 rings (SSSR count). The van der Waals surface area contributed by atoms with Gasteiger partial charge in [-0.3, -0.25) is 4.98 Å². The van der Waals surface area contributed by atoms with Gasteiger partial charge in [-0.25, -0.2) is 9.59 Å². The van der Waals surface area contributed by atoms with Crippen molar-refractivity contribution in [2.45, 2.75) is 46.4 Å². The monoisotopic (exact) mass is 396 g/mol. The van der Waals surface area contributed by atoms with Gasteiger partial charge in [0.1, 0.15) is 12.2 Å². The number of hydrogen-bond acceptors (Lipinski definition) is 5. The van der Waals surface area contributed by atoms with Gasteiger partial charge in [-0.05, 0) is 56.5 Å². The summed E-state index contributed by atoms with van der Waals surface area (Å²) in [6.07, 6.45) is 4.66. The fraction of sp³-hybridized carbons (Fsp3) is 0.348. The first-order valence-corrected chi connectivity index (χ1v) is 9.41. The number of pyridine rings is 1. The molecule has 154 valence electrons. The largest absolute Gasteiger partial charge is 0.457 e. The summed E-state index contributed by atoms with van der Waals surface area (Å²) >= 11 is 0. The van der Waals surface area contributed by atoms with Gasteiger partial charge in [-0.2, -0.15) is 0 Å². The summed E-state index contributed by atoms with van der Waals surface area (Å²) in [6, 6.07) is 11.4. The first kappa shape index (κ1) is 22.1. The number of esters is 1. The molecule has 1 aromatic carbocycles. The maximum absolute atomic E-state index is 12.2. The van der Waals surface area contributed by atoms with Crippen molar-refractivity contribution in [3.05, 3.63) is 71.1 Å². The van der Waals surface area contributed by atoms with Crippen LogP contribution >= 0.6 is 0 Å². The maximum atomic E-state index is 12.2. The smallest absolute Gasteiger partial charge is 0.410 e. The van der Waals surface area contributed by atoms with Gasteiger partial charge >= 0.3 is 12.1 Å². The zero-order valence-corrected chi connectivity index (χ0v) is 17.6. The second kappa shape index (κ2) is 9.87. The van der Waals surface area contributed by atoms with Crippen LogP contribution in [0.5, 0.6) is 0 Å². The normalized spacial score (nSPS) is 11.7. The zero-order chi connectivity index (χ0) is 21.4. The molecular weight excluding hydrogens is 368 g/mol. The molecule has 0 atom stereocenters. The first-order chi connectivity index (χ1) is 13.6. The van der Waals surface area contributed by atoms with Crippen molar-refractivity contribution in [2.75, 3.05) is 7.05 Å². The molecule has 0 radical (unpaired) electrons. The van der Waals surface area contributed by atoms with E-state index in [9.17, 15) is 9.59 Å². The van der Waals surface area contributed by atoms with E-state index in [1.54, 1.807) is 32.4 Å². The molecule has 0 saturated carbocycles. The second-order valence-electron chi connectivity index (χ2n) is 7.85. The van der Waals surface area contributed by atoms with E-state index in [4.69, 9.17) is 9.47 Å². The number of aromatic nitrogens is 1. The molecule has 0 saturated heterocycles. The lowest BCUT2D eigenvalue weighted by Crippen LogP contribution is -2.33. The third-order valence-electron chi connectivity index (χ3n) is 3.86. The van der Waals surface area contributed by atoms with E-state index in [2.05, 4.69) is 4.98 Å². The predicted octanol–water partition coefficient (Wildman–Crippen LogP) is 4.60. The van der Waals surface area contributed by atoms with Gasteiger partial charge < -0.3 is 14.4 Å². The van der Waals surface area contributed by atoms with Crippen LogP contribution < -0.4 is 0 Å². The van der Waals surface area contributed by atoms with Crippen molar-refractivity contribution < 1.29 is 19.1 Å². The second-order valence-corrected chi connectivity index (χ2v) is 7.85. The Kier molecular flexibility index (Phi) is 7.53. The Bertz CT molecular complexity index is 870. The lowest BCUT2D eigenvalue weighted by atomic mass is 10.1. The SMILES string of the molecule is CC(=Cc1cncc(CN(C)C(=O)OC(C)(C)C)c1)C(=O)OCc1ccccc1. The number of nitrogens with zero attached hydrogens (tertiary/aromatic N) is 2. The topological polar surface area (TPSA) is 68.7 Å². The molecular formula is C23H28N2O4. The molecule has 0 N–H and O–H groups in total. The van der Waals surface area contributed by atoms with Crippen LogP contribution in [0.3, 0.4) is 0 Å². The Labute approximate surface area is 172 Å². The molecule has 0 aliphatic rings. The molecule has 0 spiro atoms. The van der Waals surface area contributed by atoms with Gasteiger partial charge in [0, 0.05) is 25.0 Å². The standard InChI is InChI=1S/C23H28N2O4/c1-17(21(26)28-16-18-9-7-6-8-10-18)11-19-12-20(14-24-13-19)15-25(5)22(27)29-23(2,3)4/h6-14H,15-16H2,1-5H3. The molecule has 0 aliphatic heterocycles. The highest BCUT2D eigenvalue weighted by Gasteiger charge is 2.19. The van der Waals surface area contributed by atoms with Gasteiger partial charge in [-0.15, -0.1) is 0 Å². The summed E-state index contributed by atoms with van der Waals surface area (Å²) in [6.45, 7) is 7.75. The lowest BCUT2D eigenvalue weighted by Gasteiger charge is -2.24. The van der Waals surface area contributed by atoms with Crippen LogP contribution in [0, 0.1) is 0 Å². The van der Waals surface area contributed by atoms with Crippen molar-refractivity contribution >= 4 is 18.1 Å². The van der Waals surface area contributed by atoms with E-state index in [0.717, 1.165) is 16.7 Å². The third-order valence-corrected chi connectivity index (χ3v) is 3.86. The van der Waals surface area contributed by atoms with Crippen LogP contribution in [0.2, 0.25) is 0 Å². The highest BCUT2D eigenvalue weighted by atomic mass is 16.6. The predicted molar refractivity (Wildman–Crippen MR) is 112 cm³/mol. The van der Waals surface area contributed by atoms with Gasteiger partial charge in [0.25, 0.3) is 0 Å². The van der Waals surface area contributed by atoms with Crippen LogP contribution in [0.15, 0.2) is 54.4 Å². The molecule has 0 unspecified atom stereocenters. The van der Waals surface area contributed by atoms with E-state index in [1.165, 1.54) is 4.90 Å². The summed E-state index contributed by atoms with van der Waals surface area (Å²) in [5, 5.41) is 0. The Morgan fingerprint density at radius 3 is 2.45 bits per heavy atom. The fourth-order valence-corrected chi connectivity index (χ4v) is 2.50. The number of benzene rings is 1. The molecule has 0 fully saturated rings. The van der Waals surface area contributed by atoms with Crippen molar-refractivity contribution in [3.8, 4) is 0 Å². The lowest BCUT2D eigenvalue weighted by molar-refractivity contribution is -0.140. The molecule has 6 heteroatoms. The van der Waals surface area contributed by atoms with Gasteiger partial charge in [0.05, 0.1) is 6.54 Å². The van der Waals surface area contributed by atoms with Gasteiger partial charge in [0.15, 0.2) is 0 Å². The summed E-state index contributed by atoms with van der Waals surface area (Å²) in [7, 11) is 1.67. The molecule has 1 amide bonds. The van der Waals surface area contributed by atoms with Crippen molar-refractivity contribution in [2.24, 2.45) is 0 Å². The van der Waals surface area contributed by atoms with Crippen LogP contribution in [0.1, 0.15) is 44.4 Å². The van der Waals surface area contributed by atoms with E-state index >= 15 is 0 Å². The molecule has 0 bridgehead atoms. The highest BCUT2D eigenvalue weighted by molar-refractivity contribution is 5.92. The highest BCUT2D eigenvalue weighted by Crippen LogP contribution is 2.14. The number of amides is 1. The van der Waals surface area contributed by atoms with E-state index in [0.29, 0.717) is 12.1 Å². The quantitative estimate of drug-likeness (QED) is 0.527. The number of rotatable bonds is 6. The maximum Gasteiger partial charge on any atom is 0.410 e. The molecule has 1 aromatic heterocycles. The van der Waals surface area contributed by atoms with E-state index < -0.39 is 11.7 Å². The van der Waals surface area contributed by atoms with Crippen molar-refractivity contribution in [3.63, 3.8) is 0 Å². The molecule has 2 aromatic rings. The molecule has 29 heavy (non-hydrogen) atoms. The van der Waals surface area contributed by atoms with Gasteiger partial charge in [-0.1, -0.05) is 30.3 Å². The average Bonchev–Trinajstić information content (AvgIpc) is 2.65. The number of carbonyl (C=O) groups is 2. The summed E-state index contributed by atoms with van der Waals surface area (Å²) in [5.41, 5.74) is 2.44. The Morgan fingerprint density at radius 1 is 1.10 bits per heavy atom. The number of hydrogen-bond donors (Lipinski definition) is 0. The third kappa shape index (κ3) is 7.78. The van der Waals surface area contributed by atoms with Crippen LogP contribution in [0.25, 0.3) is 6.08 Å². The van der Waals surface area contributed by atoms with Crippen LogP contribution in [-0.2, 0) is 27.4 Å². The summed E-state index contributed by atoms with van der Waals surface area (Å²) in [4.78, 5) is 30.0. The fourth-order valence-electron chi connectivity index (χ4n) is 2.50. The minimum absolute atomic E-state index is 0.226.